The van der Waals surface area contributed by atoms with Gasteiger partial charge in [0.2, 0.25) is 5.95 Å². The Bertz CT molecular complexity index is 612. The van der Waals surface area contributed by atoms with E-state index in [4.69, 9.17) is 11.6 Å². The number of hydrogen-bond acceptors (Lipinski definition) is 5. The van der Waals surface area contributed by atoms with Crippen LogP contribution in [0.1, 0.15) is 5.69 Å². The van der Waals surface area contributed by atoms with Gasteiger partial charge in [0.25, 0.3) is 0 Å². The summed E-state index contributed by atoms with van der Waals surface area (Å²) in [6.45, 7) is 0.865. The molecule has 1 aliphatic heterocycles. The molecular formula is C13H11ClN4S. The summed E-state index contributed by atoms with van der Waals surface area (Å²) < 4.78 is 0. The smallest absolute Gasteiger partial charge is 0.227 e. The van der Waals surface area contributed by atoms with E-state index < -0.39 is 0 Å². The third-order valence-electron chi connectivity index (χ3n) is 2.56. The van der Waals surface area contributed by atoms with Gasteiger partial charge in [0, 0.05) is 29.2 Å². The topological polar surface area (TPSA) is 50.2 Å². The molecular weight excluding hydrogens is 280 g/mol. The number of benzene rings is 1. The monoisotopic (exact) mass is 290 g/mol. The Morgan fingerprint density at radius 3 is 2.74 bits per heavy atom. The second kappa shape index (κ2) is 5.59. The van der Waals surface area contributed by atoms with Crippen molar-refractivity contribution in [1.82, 2.24) is 9.97 Å². The molecule has 0 bridgehead atoms. The van der Waals surface area contributed by atoms with Crippen molar-refractivity contribution < 1.29 is 0 Å². The minimum Gasteiger partial charge on any atom is -0.324 e. The minimum absolute atomic E-state index is 0.565. The van der Waals surface area contributed by atoms with Gasteiger partial charge in [0.15, 0.2) is 0 Å². The summed E-state index contributed by atoms with van der Waals surface area (Å²) in [6, 6.07) is 9.31. The van der Waals surface area contributed by atoms with Crippen LogP contribution in [0.5, 0.6) is 0 Å². The Kier molecular flexibility index (Phi) is 3.66. The van der Waals surface area contributed by atoms with Crippen LogP contribution in [0, 0.1) is 0 Å². The molecule has 0 radical (unpaired) electrons. The van der Waals surface area contributed by atoms with Gasteiger partial charge in [0.1, 0.15) is 10.7 Å². The van der Waals surface area contributed by atoms with Gasteiger partial charge in [-0.3, -0.25) is 4.99 Å². The van der Waals surface area contributed by atoms with Gasteiger partial charge >= 0.3 is 0 Å². The predicted molar refractivity (Wildman–Crippen MR) is 80.6 cm³/mol. The van der Waals surface area contributed by atoms with Crippen molar-refractivity contribution in [2.45, 2.75) is 0 Å². The van der Waals surface area contributed by atoms with Crippen molar-refractivity contribution in [2.75, 3.05) is 17.6 Å². The molecule has 0 aliphatic carbocycles. The van der Waals surface area contributed by atoms with Crippen molar-refractivity contribution >= 4 is 40.0 Å². The first-order valence-electron chi connectivity index (χ1n) is 5.84. The largest absolute Gasteiger partial charge is 0.324 e. The highest BCUT2D eigenvalue weighted by Gasteiger charge is 2.11. The number of anilines is 2. The van der Waals surface area contributed by atoms with Crippen LogP contribution >= 0.6 is 23.4 Å². The van der Waals surface area contributed by atoms with E-state index in [0.29, 0.717) is 11.0 Å². The van der Waals surface area contributed by atoms with Crippen molar-refractivity contribution in [1.29, 1.82) is 0 Å². The third kappa shape index (κ3) is 3.05. The average molecular weight is 291 g/mol. The zero-order chi connectivity index (χ0) is 13.1. The first-order valence-corrected chi connectivity index (χ1v) is 7.21. The van der Waals surface area contributed by atoms with Crippen LogP contribution in [0.4, 0.5) is 11.6 Å². The van der Waals surface area contributed by atoms with Crippen LogP contribution in [0.3, 0.4) is 0 Å². The lowest BCUT2D eigenvalue weighted by Gasteiger charge is -2.06. The molecule has 2 heterocycles. The van der Waals surface area contributed by atoms with Crippen LogP contribution in [-0.2, 0) is 0 Å². The lowest BCUT2D eigenvalue weighted by Crippen LogP contribution is -2.02. The molecule has 0 saturated carbocycles. The van der Waals surface area contributed by atoms with Crippen molar-refractivity contribution in [3.05, 3.63) is 47.2 Å². The Labute approximate surface area is 120 Å². The Hall–Kier alpha value is -1.59. The van der Waals surface area contributed by atoms with E-state index >= 15 is 0 Å². The zero-order valence-corrected chi connectivity index (χ0v) is 11.6. The van der Waals surface area contributed by atoms with Crippen LogP contribution in [0.25, 0.3) is 0 Å². The fourth-order valence-corrected chi connectivity index (χ4v) is 2.64. The molecule has 0 unspecified atom stereocenters. The molecule has 96 valence electrons. The molecule has 2 aromatic rings. The van der Waals surface area contributed by atoms with Crippen LogP contribution in [0.15, 0.2) is 41.5 Å². The lowest BCUT2D eigenvalue weighted by atomic mass is 10.3. The Morgan fingerprint density at radius 1 is 1.16 bits per heavy atom. The predicted octanol–water partition coefficient (Wildman–Crippen LogP) is 3.37. The van der Waals surface area contributed by atoms with Gasteiger partial charge in [-0.15, -0.1) is 11.8 Å². The number of halogens is 1. The molecule has 0 fully saturated rings. The molecule has 6 heteroatoms. The summed E-state index contributed by atoms with van der Waals surface area (Å²) in [6.07, 6.45) is 1.74. The molecule has 0 spiro atoms. The van der Waals surface area contributed by atoms with E-state index in [9.17, 15) is 0 Å². The van der Waals surface area contributed by atoms with Gasteiger partial charge in [-0.05, 0) is 30.3 Å². The second-order valence-corrected chi connectivity index (χ2v) is 5.45. The molecule has 1 aliphatic rings. The van der Waals surface area contributed by atoms with Crippen LogP contribution < -0.4 is 5.32 Å². The molecule has 1 aromatic heterocycles. The zero-order valence-electron chi connectivity index (χ0n) is 10.0. The Morgan fingerprint density at radius 2 is 2.00 bits per heavy atom. The molecule has 1 N–H and O–H groups in total. The maximum absolute atomic E-state index is 5.85. The van der Waals surface area contributed by atoms with Gasteiger partial charge in [-0.2, -0.15) is 0 Å². The summed E-state index contributed by atoms with van der Waals surface area (Å²) in [5.41, 5.74) is 1.77. The minimum atomic E-state index is 0.565. The lowest BCUT2D eigenvalue weighted by molar-refractivity contribution is 1.14. The second-order valence-electron chi connectivity index (χ2n) is 3.93. The maximum atomic E-state index is 5.85. The van der Waals surface area contributed by atoms with Crippen LogP contribution in [0.2, 0.25) is 5.02 Å². The molecule has 1 aromatic carbocycles. The molecule has 0 amide bonds. The van der Waals surface area contributed by atoms with Gasteiger partial charge < -0.3 is 5.32 Å². The van der Waals surface area contributed by atoms with E-state index in [1.54, 1.807) is 18.0 Å². The van der Waals surface area contributed by atoms with E-state index in [0.717, 1.165) is 28.7 Å². The number of thioether (sulfide) groups is 1. The molecule has 4 nitrogen and oxygen atoms in total. The number of hydrogen-bond donors (Lipinski definition) is 1. The fourth-order valence-electron chi connectivity index (χ4n) is 1.69. The Balaban J connectivity index is 1.81. The summed E-state index contributed by atoms with van der Waals surface area (Å²) in [4.78, 5) is 13.1. The van der Waals surface area contributed by atoms with Crippen LogP contribution in [-0.4, -0.2) is 27.3 Å². The molecule has 0 atom stereocenters. The highest BCUT2D eigenvalue weighted by atomic mass is 35.5. The normalized spacial score (nSPS) is 14.3. The van der Waals surface area contributed by atoms with Gasteiger partial charge in [-0.25, -0.2) is 9.97 Å². The van der Waals surface area contributed by atoms with E-state index in [2.05, 4.69) is 20.3 Å². The van der Waals surface area contributed by atoms with Gasteiger partial charge in [0.05, 0.1) is 0 Å². The quantitative estimate of drug-likeness (QED) is 0.941. The average Bonchev–Trinajstić information content (AvgIpc) is 2.96. The molecule has 0 saturated heterocycles. The summed E-state index contributed by atoms with van der Waals surface area (Å²) in [5.74, 6) is 1.59. The van der Waals surface area contributed by atoms with Gasteiger partial charge in [-0.1, -0.05) is 11.6 Å². The van der Waals surface area contributed by atoms with Crippen molar-refractivity contribution in [3.8, 4) is 0 Å². The number of rotatable bonds is 3. The first-order chi connectivity index (χ1) is 9.31. The highest BCUT2D eigenvalue weighted by molar-refractivity contribution is 8.14. The fraction of sp³-hybridized carbons (Fsp3) is 0.154. The summed E-state index contributed by atoms with van der Waals surface area (Å²) in [7, 11) is 0. The molecule has 3 rings (SSSR count). The SMILES string of the molecule is Clc1ccc(Nc2nccc(C3=NCCS3)n2)cc1. The highest BCUT2D eigenvalue weighted by Crippen LogP contribution is 2.20. The first kappa shape index (κ1) is 12.4. The summed E-state index contributed by atoms with van der Waals surface area (Å²) in [5, 5.41) is 4.84. The maximum Gasteiger partial charge on any atom is 0.227 e. The summed E-state index contributed by atoms with van der Waals surface area (Å²) >= 11 is 7.58. The number of aromatic nitrogens is 2. The number of aliphatic imine (C=N–C) groups is 1. The third-order valence-corrected chi connectivity index (χ3v) is 3.81. The van der Waals surface area contributed by atoms with Crippen molar-refractivity contribution in [3.63, 3.8) is 0 Å². The molecule has 19 heavy (non-hydrogen) atoms. The van der Waals surface area contributed by atoms with E-state index in [1.165, 1.54) is 0 Å². The van der Waals surface area contributed by atoms with E-state index in [-0.39, 0.29) is 0 Å². The number of nitrogens with one attached hydrogen (secondary N) is 1. The van der Waals surface area contributed by atoms with Crippen molar-refractivity contribution in [2.24, 2.45) is 4.99 Å². The number of nitrogens with zero attached hydrogens (tertiary/aromatic N) is 3. The van der Waals surface area contributed by atoms with E-state index in [1.807, 2.05) is 30.3 Å². The standard InChI is InChI=1S/C13H11ClN4S/c14-9-1-3-10(4-2-9)17-13-16-6-5-11(18-13)12-15-7-8-19-12/h1-6H,7-8H2,(H,16,17,18).